The smallest absolute Gasteiger partial charge is 0.341 e. The van der Waals surface area contributed by atoms with Crippen LogP contribution in [-0.4, -0.2) is 76.7 Å². The van der Waals surface area contributed by atoms with Crippen molar-refractivity contribution in [2.24, 2.45) is 10.9 Å². The molecule has 0 aliphatic carbocycles. The number of nitrogens with zero attached hydrogens (tertiary/aromatic N) is 3. The van der Waals surface area contributed by atoms with Crippen LogP contribution in [0.2, 0.25) is 10.0 Å². The van der Waals surface area contributed by atoms with Gasteiger partial charge in [-0.2, -0.15) is 0 Å². The second-order valence-electron chi connectivity index (χ2n) is 11.9. The molecule has 1 unspecified atom stereocenters. The Morgan fingerprint density at radius 3 is 2.15 bits per heavy atom. The number of halogens is 3. The number of carbonyl (C=O) groups is 4. The van der Waals surface area contributed by atoms with Gasteiger partial charge in [-0.1, -0.05) is 69.1 Å². The first-order chi connectivity index (χ1) is 24.5. The fraction of sp³-hybridized carbons (Fsp3) is 0.405. The molecular formula is C37H45Cl3N4O8. The first-order valence-corrected chi connectivity index (χ1v) is 17.7. The maximum atomic E-state index is 12.1. The number of carboxylic acid groups (broad SMARTS) is 2. The Kier molecular flexibility index (Phi) is 17.0. The molecule has 12 nitrogen and oxygen atoms in total. The quantitative estimate of drug-likeness (QED) is 0.125. The number of carboxylic acids is 2. The Balaban J connectivity index is 0.000000278. The van der Waals surface area contributed by atoms with E-state index in [0.29, 0.717) is 13.0 Å². The van der Waals surface area contributed by atoms with Crippen LogP contribution < -0.4 is 15.0 Å². The molecule has 2 aromatic carbocycles. The molecule has 0 fully saturated rings. The van der Waals surface area contributed by atoms with Crippen molar-refractivity contribution in [3.05, 3.63) is 86.2 Å². The Hall–Kier alpha value is -4.23. The highest BCUT2D eigenvalue weighted by Crippen LogP contribution is 2.33. The van der Waals surface area contributed by atoms with E-state index in [1.54, 1.807) is 24.1 Å². The van der Waals surface area contributed by atoms with Gasteiger partial charge >= 0.3 is 11.9 Å². The number of anilines is 1. The highest BCUT2D eigenvalue weighted by molar-refractivity contribution is 6.37. The minimum Gasteiger partial charge on any atom is -0.494 e. The largest absolute Gasteiger partial charge is 0.494 e. The Bertz CT molecular complexity index is 1800. The molecule has 282 valence electrons. The van der Waals surface area contributed by atoms with E-state index >= 15 is 0 Å². The van der Waals surface area contributed by atoms with Gasteiger partial charge < -0.3 is 25.0 Å². The molecule has 52 heavy (non-hydrogen) atoms. The lowest BCUT2D eigenvalue weighted by Gasteiger charge is -2.25. The van der Waals surface area contributed by atoms with Gasteiger partial charge in [0.25, 0.3) is 5.91 Å². The van der Waals surface area contributed by atoms with Gasteiger partial charge in [0.2, 0.25) is 5.91 Å². The SMILES string of the molecule is CCOCN(C(=O)CCl)c1c(C)cccc1CC.CCc1cnc(C2=NC(C)(C(C)C)C(=O)N2)c(C(=O)O)c1.COc1c(Cl)ccc(Cl)c1C(=O)O. The van der Waals surface area contributed by atoms with E-state index in [9.17, 15) is 24.3 Å². The predicted octanol–water partition coefficient (Wildman–Crippen LogP) is 7.46. The molecular weight excluding hydrogens is 735 g/mol. The summed E-state index contributed by atoms with van der Waals surface area (Å²) in [4.78, 5) is 56.4. The summed E-state index contributed by atoms with van der Waals surface area (Å²) in [5.41, 5.74) is 3.21. The summed E-state index contributed by atoms with van der Waals surface area (Å²) in [5.74, 6) is -2.33. The number of ether oxygens (including phenoxy) is 2. The average molecular weight is 780 g/mol. The van der Waals surface area contributed by atoms with Gasteiger partial charge in [-0.25, -0.2) is 14.6 Å². The molecule has 0 saturated heterocycles. The molecule has 15 heteroatoms. The van der Waals surface area contributed by atoms with E-state index in [-0.39, 0.29) is 68.8 Å². The van der Waals surface area contributed by atoms with Crippen LogP contribution >= 0.6 is 34.8 Å². The number of benzene rings is 2. The van der Waals surface area contributed by atoms with Crippen molar-refractivity contribution in [3.63, 3.8) is 0 Å². The van der Waals surface area contributed by atoms with Crippen LogP contribution in [0, 0.1) is 12.8 Å². The van der Waals surface area contributed by atoms with Crippen LogP contribution in [0.5, 0.6) is 5.75 Å². The van der Waals surface area contributed by atoms with Gasteiger partial charge in [0.15, 0.2) is 11.6 Å². The first kappa shape index (κ1) is 43.9. The molecule has 1 atom stereocenters. The zero-order valence-corrected chi connectivity index (χ0v) is 32.7. The number of nitrogens with one attached hydrogen (secondary N) is 1. The summed E-state index contributed by atoms with van der Waals surface area (Å²) in [5, 5.41) is 21.1. The van der Waals surface area contributed by atoms with Gasteiger partial charge in [0.05, 0.1) is 28.4 Å². The number of para-hydroxylation sites is 1. The van der Waals surface area contributed by atoms with E-state index in [2.05, 4.69) is 22.2 Å². The van der Waals surface area contributed by atoms with E-state index in [1.165, 1.54) is 19.2 Å². The van der Waals surface area contributed by atoms with Crippen LogP contribution in [-0.2, 0) is 27.2 Å². The number of pyridine rings is 1. The third-order valence-electron chi connectivity index (χ3n) is 8.26. The fourth-order valence-corrected chi connectivity index (χ4v) is 5.55. The second kappa shape index (κ2) is 20.1. The monoisotopic (exact) mass is 778 g/mol. The Morgan fingerprint density at radius 1 is 1.02 bits per heavy atom. The highest BCUT2D eigenvalue weighted by atomic mass is 35.5. The van der Waals surface area contributed by atoms with Crippen molar-refractivity contribution in [1.82, 2.24) is 10.3 Å². The molecule has 0 spiro atoms. The summed E-state index contributed by atoms with van der Waals surface area (Å²) in [6, 6.07) is 10.5. The lowest BCUT2D eigenvalue weighted by atomic mass is 9.89. The number of hydrogen-bond acceptors (Lipinski definition) is 8. The van der Waals surface area contributed by atoms with Crippen molar-refractivity contribution >= 4 is 70.1 Å². The molecule has 3 aromatic rings. The van der Waals surface area contributed by atoms with Crippen LogP contribution in [0.4, 0.5) is 5.69 Å². The summed E-state index contributed by atoms with van der Waals surface area (Å²) >= 11 is 17.0. The summed E-state index contributed by atoms with van der Waals surface area (Å²) in [6.07, 6.45) is 3.17. The number of amides is 2. The lowest BCUT2D eigenvalue weighted by Crippen LogP contribution is -2.41. The van der Waals surface area contributed by atoms with Gasteiger partial charge in [-0.3, -0.25) is 19.5 Å². The maximum Gasteiger partial charge on any atom is 0.341 e. The number of aromatic nitrogens is 1. The number of methoxy groups -OCH3 is 1. The van der Waals surface area contributed by atoms with Crippen LogP contribution in [0.25, 0.3) is 0 Å². The number of aryl methyl sites for hydroxylation is 3. The highest BCUT2D eigenvalue weighted by Gasteiger charge is 2.43. The zero-order chi connectivity index (χ0) is 39.3. The number of rotatable bonds is 12. The van der Waals surface area contributed by atoms with Crippen LogP contribution in [0.1, 0.15) is 84.6 Å². The van der Waals surface area contributed by atoms with Crippen molar-refractivity contribution < 1.29 is 38.9 Å². The van der Waals surface area contributed by atoms with Crippen molar-refractivity contribution in [2.75, 3.05) is 31.2 Å². The average Bonchev–Trinajstić information content (AvgIpc) is 3.44. The summed E-state index contributed by atoms with van der Waals surface area (Å²) < 4.78 is 10.2. The molecule has 0 saturated carbocycles. The standard InChI is InChI=1S/C15H19N3O3.C14H20ClNO2.C8H6Cl2O3/c1-5-9-6-10(13(19)20)11(16-7-9)12-17-14(21)15(4,18-12)8(2)3;1-4-12-8-6-7-11(3)14(12)16(10-18-5-2)13(17)9-15;1-13-7-5(10)3-2-4(9)6(7)8(11)12/h6-8H,5H2,1-4H3,(H,19,20)(H,17,18,21);6-8H,4-5,9-10H2,1-3H3;2-3H,1H3,(H,11,12). The third-order valence-corrected chi connectivity index (χ3v) is 9.10. The topological polar surface area (TPSA) is 168 Å². The van der Waals surface area contributed by atoms with Crippen LogP contribution in [0.3, 0.4) is 0 Å². The van der Waals surface area contributed by atoms with E-state index in [0.717, 1.165) is 28.8 Å². The van der Waals surface area contributed by atoms with E-state index in [1.807, 2.05) is 52.8 Å². The van der Waals surface area contributed by atoms with Gasteiger partial charge in [-0.05, 0) is 74.4 Å². The number of carbonyl (C=O) groups excluding carboxylic acids is 2. The molecule has 2 amide bonds. The molecule has 0 radical (unpaired) electrons. The predicted molar refractivity (Wildman–Crippen MR) is 204 cm³/mol. The lowest BCUT2D eigenvalue weighted by molar-refractivity contribution is -0.124. The van der Waals surface area contributed by atoms with Gasteiger partial charge in [0, 0.05) is 12.8 Å². The molecule has 0 bridgehead atoms. The number of alkyl halides is 1. The third kappa shape index (κ3) is 10.7. The number of hydrogen-bond donors (Lipinski definition) is 3. The summed E-state index contributed by atoms with van der Waals surface area (Å²) in [6.45, 7) is 14.3. The molecule has 4 rings (SSSR count). The normalized spacial score (nSPS) is 14.7. The molecule has 2 heterocycles. The number of amidine groups is 1. The number of aromatic carboxylic acids is 2. The fourth-order valence-electron chi connectivity index (χ4n) is 4.94. The van der Waals surface area contributed by atoms with E-state index in [4.69, 9.17) is 49.4 Å². The minimum atomic E-state index is -1.16. The van der Waals surface area contributed by atoms with Crippen molar-refractivity contribution in [3.8, 4) is 5.75 Å². The second-order valence-corrected chi connectivity index (χ2v) is 13.0. The molecule has 3 N–H and O–H groups in total. The molecule has 1 aliphatic rings. The minimum absolute atomic E-state index is 0.00167. The zero-order valence-electron chi connectivity index (χ0n) is 30.5. The number of aliphatic imine (C=N–C) groups is 1. The Morgan fingerprint density at radius 2 is 1.67 bits per heavy atom. The first-order valence-electron chi connectivity index (χ1n) is 16.4. The maximum absolute atomic E-state index is 12.1. The Labute approximate surface area is 319 Å². The molecule has 1 aromatic heterocycles. The molecule has 1 aliphatic heterocycles. The van der Waals surface area contributed by atoms with Crippen molar-refractivity contribution in [2.45, 2.75) is 66.8 Å². The van der Waals surface area contributed by atoms with Gasteiger partial charge in [-0.15, -0.1) is 11.6 Å². The van der Waals surface area contributed by atoms with Crippen LogP contribution in [0.15, 0.2) is 47.6 Å². The van der Waals surface area contributed by atoms with E-state index < -0.39 is 17.5 Å². The van der Waals surface area contributed by atoms with Crippen molar-refractivity contribution in [1.29, 1.82) is 0 Å². The summed E-state index contributed by atoms with van der Waals surface area (Å²) in [7, 11) is 1.34. The van der Waals surface area contributed by atoms with Gasteiger partial charge in [0.1, 0.15) is 29.4 Å².